The van der Waals surface area contributed by atoms with Crippen molar-refractivity contribution in [2.45, 2.75) is 58.5 Å². The summed E-state index contributed by atoms with van der Waals surface area (Å²) in [6.45, 7) is 6.63. The van der Waals surface area contributed by atoms with Crippen molar-refractivity contribution < 1.29 is 9.59 Å². The molecule has 1 saturated heterocycles. The molecule has 0 spiro atoms. The molecule has 0 aromatic carbocycles. The number of hydrogen-bond donors (Lipinski definition) is 1. The van der Waals surface area contributed by atoms with Crippen molar-refractivity contribution in [1.29, 1.82) is 0 Å². The van der Waals surface area contributed by atoms with Crippen LogP contribution >= 0.6 is 11.8 Å². The van der Waals surface area contributed by atoms with Gasteiger partial charge in [0.15, 0.2) is 0 Å². The number of nitrogens with zero attached hydrogens (tertiary/aromatic N) is 1. The van der Waals surface area contributed by atoms with Crippen molar-refractivity contribution in [3.63, 3.8) is 0 Å². The molecule has 1 rings (SSSR count). The summed E-state index contributed by atoms with van der Waals surface area (Å²) in [5.41, 5.74) is 0. The first-order chi connectivity index (χ1) is 9.52. The van der Waals surface area contributed by atoms with Crippen LogP contribution in [-0.4, -0.2) is 47.4 Å². The molecular weight excluding hydrogens is 272 g/mol. The second-order valence-electron chi connectivity index (χ2n) is 5.74. The Morgan fingerprint density at radius 2 is 1.95 bits per heavy atom. The predicted molar refractivity (Wildman–Crippen MR) is 84.8 cm³/mol. The van der Waals surface area contributed by atoms with Gasteiger partial charge in [0.05, 0.1) is 0 Å². The molecule has 1 N–H and O–H groups in total. The Hall–Kier alpha value is -0.710. The SMILES string of the molecule is CCC1C(=O)NC(C(C)C)C(=O)N1CCCCCSC. The summed E-state index contributed by atoms with van der Waals surface area (Å²) in [6, 6.07) is -0.630. The zero-order valence-electron chi connectivity index (χ0n) is 13.1. The van der Waals surface area contributed by atoms with Gasteiger partial charge in [-0.25, -0.2) is 0 Å². The van der Waals surface area contributed by atoms with Crippen LogP contribution in [0.5, 0.6) is 0 Å². The Kier molecular flexibility index (Phi) is 7.41. The van der Waals surface area contributed by atoms with Crippen molar-refractivity contribution in [2.24, 2.45) is 5.92 Å². The molecule has 0 aromatic heterocycles. The fourth-order valence-electron chi connectivity index (χ4n) is 2.61. The third-order valence-electron chi connectivity index (χ3n) is 3.83. The normalized spacial score (nSPS) is 23.4. The molecule has 0 aromatic rings. The zero-order chi connectivity index (χ0) is 15.1. The molecule has 116 valence electrons. The lowest BCUT2D eigenvalue weighted by molar-refractivity contribution is -0.150. The summed E-state index contributed by atoms with van der Waals surface area (Å²) in [5, 5.41) is 2.87. The minimum atomic E-state index is -0.350. The Morgan fingerprint density at radius 1 is 1.25 bits per heavy atom. The van der Waals surface area contributed by atoms with E-state index in [4.69, 9.17) is 0 Å². The molecule has 2 atom stereocenters. The van der Waals surface area contributed by atoms with Crippen LogP contribution in [0.1, 0.15) is 46.5 Å². The van der Waals surface area contributed by atoms with E-state index in [0.29, 0.717) is 13.0 Å². The topological polar surface area (TPSA) is 49.4 Å². The summed E-state index contributed by atoms with van der Waals surface area (Å²) in [7, 11) is 0. The van der Waals surface area contributed by atoms with Gasteiger partial charge in [0.1, 0.15) is 12.1 Å². The van der Waals surface area contributed by atoms with E-state index in [0.717, 1.165) is 12.8 Å². The van der Waals surface area contributed by atoms with Gasteiger partial charge in [0, 0.05) is 6.54 Å². The van der Waals surface area contributed by atoms with Crippen LogP contribution in [0.2, 0.25) is 0 Å². The minimum Gasteiger partial charge on any atom is -0.342 e. The number of amides is 2. The van der Waals surface area contributed by atoms with E-state index in [2.05, 4.69) is 11.6 Å². The van der Waals surface area contributed by atoms with E-state index in [1.165, 1.54) is 12.2 Å². The number of rotatable bonds is 8. The first-order valence-corrected chi connectivity index (χ1v) is 9.02. The van der Waals surface area contributed by atoms with Gasteiger partial charge >= 0.3 is 0 Å². The lowest BCUT2D eigenvalue weighted by Crippen LogP contribution is -2.64. The molecule has 1 aliphatic rings. The molecule has 1 heterocycles. The average Bonchev–Trinajstić information content (AvgIpc) is 2.41. The summed E-state index contributed by atoms with van der Waals surface area (Å²) in [4.78, 5) is 26.4. The van der Waals surface area contributed by atoms with Crippen LogP contribution in [0, 0.1) is 5.92 Å². The smallest absolute Gasteiger partial charge is 0.246 e. The average molecular weight is 300 g/mol. The standard InChI is InChI=1S/C15H28N2O2S/c1-5-12-14(18)16-13(11(2)3)15(19)17(12)9-7-6-8-10-20-4/h11-13H,5-10H2,1-4H3,(H,16,18). The van der Waals surface area contributed by atoms with Crippen molar-refractivity contribution in [3.05, 3.63) is 0 Å². The molecule has 4 nitrogen and oxygen atoms in total. The Bertz CT molecular complexity index is 334. The van der Waals surface area contributed by atoms with Gasteiger partial charge in [-0.15, -0.1) is 0 Å². The number of piperazine rings is 1. The van der Waals surface area contributed by atoms with Crippen LogP contribution in [-0.2, 0) is 9.59 Å². The molecule has 0 aliphatic carbocycles. The number of unbranched alkanes of at least 4 members (excludes halogenated alkanes) is 2. The number of thioether (sulfide) groups is 1. The fourth-order valence-corrected chi connectivity index (χ4v) is 3.11. The number of carbonyl (C=O) groups excluding carboxylic acids is 2. The van der Waals surface area contributed by atoms with Gasteiger partial charge in [-0.1, -0.05) is 27.2 Å². The minimum absolute atomic E-state index is 0.00918. The molecule has 2 unspecified atom stereocenters. The quantitative estimate of drug-likeness (QED) is 0.700. The maximum atomic E-state index is 12.5. The van der Waals surface area contributed by atoms with Gasteiger partial charge in [-0.2, -0.15) is 11.8 Å². The molecule has 0 bridgehead atoms. The van der Waals surface area contributed by atoms with Crippen molar-refractivity contribution in [3.8, 4) is 0 Å². The molecule has 0 radical (unpaired) electrons. The first kappa shape index (κ1) is 17.3. The number of nitrogens with one attached hydrogen (secondary N) is 1. The Morgan fingerprint density at radius 3 is 2.50 bits per heavy atom. The summed E-state index contributed by atoms with van der Waals surface area (Å²) in [5.74, 6) is 1.41. The molecule has 5 heteroatoms. The van der Waals surface area contributed by atoms with E-state index in [1.54, 1.807) is 0 Å². The summed E-state index contributed by atoms with van der Waals surface area (Å²) in [6.07, 6.45) is 6.09. The van der Waals surface area contributed by atoms with Crippen LogP contribution in [0.3, 0.4) is 0 Å². The van der Waals surface area contributed by atoms with E-state index in [-0.39, 0.29) is 29.8 Å². The van der Waals surface area contributed by atoms with E-state index in [1.807, 2.05) is 37.4 Å². The molecule has 20 heavy (non-hydrogen) atoms. The third-order valence-corrected chi connectivity index (χ3v) is 4.52. The van der Waals surface area contributed by atoms with Gasteiger partial charge in [-0.3, -0.25) is 9.59 Å². The van der Waals surface area contributed by atoms with Gasteiger partial charge in [-0.05, 0) is 37.2 Å². The second-order valence-corrected chi connectivity index (χ2v) is 6.73. The maximum Gasteiger partial charge on any atom is 0.246 e. The molecule has 1 aliphatic heterocycles. The Labute approximate surface area is 127 Å². The van der Waals surface area contributed by atoms with Gasteiger partial charge in [0.2, 0.25) is 11.8 Å². The predicted octanol–water partition coefficient (Wildman–Crippen LogP) is 2.28. The molecule has 1 fully saturated rings. The van der Waals surface area contributed by atoms with E-state index >= 15 is 0 Å². The molecule has 2 amide bonds. The van der Waals surface area contributed by atoms with Crippen LogP contribution in [0.15, 0.2) is 0 Å². The van der Waals surface area contributed by atoms with Crippen molar-refractivity contribution >= 4 is 23.6 Å². The highest BCUT2D eigenvalue weighted by molar-refractivity contribution is 7.98. The van der Waals surface area contributed by atoms with Crippen molar-refractivity contribution in [1.82, 2.24) is 10.2 Å². The van der Waals surface area contributed by atoms with E-state index < -0.39 is 0 Å². The van der Waals surface area contributed by atoms with Crippen LogP contribution in [0.4, 0.5) is 0 Å². The third kappa shape index (κ3) is 4.40. The number of hydrogen-bond acceptors (Lipinski definition) is 3. The lowest BCUT2D eigenvalue weighted by atomic mass is 9.96. The molecule has 0 saturated carbocycles. The highest BCUT2D eigenvalue weighted by Gasteiger charge is 2.40. The van der Waals surface area contributed by atoms with Crippen LogP contribution < -0.4 is 5.32 Å². The lowest BCUT2D eigenvalue weighted by Gasteiger charge is -2.40. The highest BCUT2D eigenvalue weighted by atomic mass is 32.2. The van der Waals surface area contributed by atoms with Crippen LogP contribution in [0.25, 0.3) is 0 Å². The van der Waals surface area contributed by atoms with Crippen molar-refractivity contribution in [2.75, 3.05) is 18.6 Å². The number of carbonyl (C=O) groups is 2. The largest absolute Gasteiger partial charge is 0.342 e. The monoisotopic (exact) mass is 300 g/mol. The van der Waals surface area contributed by atoms with Gasteiger partial charge in [0.25, 0.3) is 0 Å². The fraction of sp³-hybridized carbons (Fsp3) is 0.867. The maximum absolute atomic E-state index is 12.5. The van der Waals surface area contributed by atoms with Gasteiger partial charge < -0.3 is 10.2 Å². The van der Waals surface area contributed by atoms with E-state index in [9.17, 15) is 9.59 Å². The molecular formula is C15H28N2O2S. The second kappa shape index (κ2) is 8.55. The summed E-state index contributed by atoms with van der Waals surface area (Å²) < 4.78 is 0. The summed E-state index contributed by atoms with van der Waals surface area (Å²) >= 11 is 1.85. The Balaban J connectivity index is 2.61. The first-order valence-electron chi connectivity index (χ1n) is 7.62. The zero-order valence-corrected chi connectivity index (χ0v) is 14.0. The highest BCUT2D eigenvalue weighted by Crippen LogP contribution is 2.18.